The second kappa shape index (κ2) is 9.49. The molecule has 2 aromatic heterocycles. The van der Waals surface area contributed by atoms with Crippen LogP contribution in [-0.4, -0.2) is 22.6 Å². The number of thioether (sulfide) groups is 1. The van der Waals surface area contributed by atoms with Crippen LogP contribution in [0, 0.1) is 0 Å². The van der Waals surface area contributed by atoms with Gasteiger partial charge in [-0.3, -0.25) is 9.59 Å². The predicted octanol–water partition coefficient (Wildman–Crippen LogP) is 5.07. The van der Waals surface area contributed by atoms with Gasteiger partial charge in [-0.25, -0.2) is 4.98 Å². The third-order valence-electron chi connectivity index (χ3n) is 4.27. The molecule has 1 aromatic carbocycles. The molecular weight excluding hydrogens is 418 g/mol. The van der Waals surface area contributed by atoms with Crippen molar-refractivity contribution in [2.24, 2.45) is 0 Å². The number of anilines is 1. The number of hydrogen-bond acceptors (Lipinski definition) is 6. The molecule has 0 saturated carbocycles. The van der Waals surface area contributed by atoms with Crippen LogP contribution in [-0.2, 0) is 21.5 Å². The topological polar surface area (TPSA) is 84.2 Å². The lowest BCUT2D eigenvalue weighted by molar-refractivity contribution is -0.119. The molecule has 2 heterocycles. The molecule has 158 valence electrons. The first-order valence-corrected chi connectivity index (χ1v) is 11.4. The van der Waals surface area contributed by atoms with E-state index in [2.05, 4.69) is 60.7 Å². The highest BCUT2D eigenvalue weighted by atomic mass is 32.2. The third kappa shape index (κ3) is 6.21. The highest BCUT2D eigenvalue weighted by molar-refractivity contribution is 8.00. The van der Waals surface area contributed by atoms with Crippen LogP contribution >= 0.6 is 23.1 Å². The molecule has 8 heteroatoms. The highest BCUT2D eigenvalue weighted by Gasteiger charge is 2.14. The Morgan fingerprint density at radius 3 is 2.53 bits per heavy atom. The first-order chi connectivity index (χ1) is 14.2. The average Bonchev–Trinajstić information content (AvgIpc) is 3.33. The second-order valence-corrected chi connectivity index (χ2v) is 9.73. The lowest BCUT2D eigenvalue weighted by Gasteiger charge is -2.19. The molecule has 3 aromatic rings. The van der Waals surface area contributed by atoms with E-state index in [0.717, 1.165) is 4.90 Å². The summed E-state index contributed by atoms with van der Waals surface area (Å²) in [4.78, 5) is 28.7. The van der Waals surface area contributed by atoms with E-state index in [0.29, 0.717) is 34.6 Å². The molecule has 0 fully saturated rings. The van der Waals surface area contributed by atoms with Crippen molar-refractivity contribution < 1.29 is 14.0 Å². The predicted molar refractivity (Wildman–Crippen MR) is 122 cm³/mol. The highest BCUT2D eigenvalue weighted by Crippen LogP contribution is 2.28. The second-order valence-electron chi connectivity index (χ2n) is 7.82. The first-order valence-electron chi connectivity index (χ1n) is 9.53. The van der Waals surface area contributed by atoms with Crippen LogP contribution in [0.25, 0.3) is 11.5 Å². The van der Waals surface area contributed by atoms with Crippen molar-refractivity contribution in [2.75, 3.05) is 11.1 Å². The molecule has 0 atom stereocenters. The summed E-state index contributed by atoms with van der Waals surface area (Å²) in [6, 6.07) is 11.9. The number of carbonyl (C=O) groups excluding carboxylic acids is 2. The van der Waals surface area contributed by atoms with Crippen molar-refractivity contribution in [1.29, 1.82) is 0 Å². The monoisotopic (exact) mass is 443 g/mol. The van der Waals surface area contributed by atoms with Gasteiger partial charge in [-0.2, -0.15) is 0 Å². The van der Waals surface area contributed by atoms with Crippen molar-refractivity contribution in [3.8, 4) is 11.5 Å². The molecule has 0 saturated heterocycles. The van der Waals surface area contributed by atoms with Crippen LogP contribution in [0.15, 0.2) is 51.1 Å². The number of furan rings is 1. The average molecular weight is 444 g/mol. The molecule has 3 rings (SSSR count). The number of hydrogen-bond donors (Lipinski definition) is 2. The Morgan fingerprint density at radius 2 is 1.87 bits per heavy atom. The normalized spacial score (nSPS) is 11.3. The van der Waals surface area contributed by atoms with Crippen LogP contribution in [0.5, 0.6) is 0 Å². The summed E-state index contributed by atoms with van der Waals surface area (Å²) in [6.45, 7) is 8.32. The van der Waals surface area contributed by atoms with E-state index in [1.807, 2.05) is 5.38 Å². The van der Waals surface area contributed by atoms with Gasteiger partial charge >= 0.3 is 0 Å². The van der Waals surface area contributed by atoms with E-state index in [1.54, 1.807) is 12.1 Å². The molecule has 0 bridgehead atoms. The number of nitrogens with one attached hydrogen (secondary N) is 2. The lowest BCUT2D eigenvalue weighted by atomic mass is 9.87. The van der Waals surface area contributed by atoms with Crippen molar-refractivity contribution >= 4 is 40.0 Å². The summed E-state index contributed by atoms with van der Waals surface area (Å²) in [6.07, 6.45) is 0. The number of benzene rings is 1. The van der Waals surface area contributed by atoms with Crippen molar-refractivity contribution in [3.63, 3.8) is 0 Å². The minimum atomic E-state index is -0.116. The van der Waals surface area contributed by atoms with Gasteiger partial charge in [-0.05, 0) is 35.2 Å². The molecule has 0 spiro atoms. The fourth-order valence-corrected chi connectivity index (χ4v) is 4.04. The summed E-state index contributed by atoms with van der Waals surface area (Å²) >= 11 is 2.84. The molecule has 30 heavy (non-hydrogen) atoms. The quantitative estimate of drug-likeness (QED) is 0.498. The molecule has 6 nitrogen and oxygen atoms in total. The third-order valence-corrected chi connectivity index (χ3v) is 6.04. The number of carbonyl (C=O) groups is 2. The molecule has 0 radical (unpaired) electrons. The van der Waals surface area contributed by atoms with E-state index in [1.165, 1.54) is 35.6 Å². The number of rotatable bonds is 7. The minimum absolute atomic E-state index is 0.105. The lowest BCUT2D eigenvalue weighted by Crippen LogP contribution is -2.18. The SMILES string of the molecule is CC(=O)NCc1ccc(-c2csc(NC(=O)CSc3ccc(C(C)(C)C)cc3)n2)o1. The summed E-state index contributed by atoms with van der Waals surface area (Å²) in [5, 5.41) is 7.87. The molecule has 0 aliphatic heterocycles. The van der Waals surface area contributed by atoms with E-state index in [-0.39, 0.29) is 17.2 Å². The molecule has 0 aliphatic rings. The number of amides is 2. The Balaban J connectivity index is 1.52. The maximum Gasteiger partial charge on any atom is 0.236 e. The van der Waals surface area contributed by atoms with Crippen molar-refractivity contribution in [1.82, 2.24) is 10.3 Å². The molecule has 2 amide bonds. The minimum Gasteiger partial charge on any atom is -0.458 e. The van der Waals surface area contributed by atoms with Crippen LogP contribution in [0.1, 0.15) is 39.0 Å². The van der Waals surface area contributed by atoms with Gasteiger partial charge in [0.2, 0.25) is 11.8 Å². The van der Waals surface area contributed by atoms with Gasteiger partial charge in [0.05, 0.1) is 12.3 Å². The van der Waals surface area contributed by atoms with E-state index < -0.39 is 0 Å². The maximum atomic E-state index is 12.3. The van der Waals surface area contributed by atoms with E-state index in [4.69, 9.17) is 4.42 Å². The van der Waals surface area contributed by atoms with Crippen LogP contribution in [0.2, 0.25) is 0 Å². The van der Waals surface area contributed by atoms with Gasteiger partial charge in [-0.15, -0.1) is 23.1 Å². The fourth-order valence-electron chi connectivity index (χ4n) is 2.62. The number of nitrogens with zero attached hydrogens (tertiary/aromatic N) is 1. The molecule has 0 aliphatic carbocycles. The Morgan fingerprint density at radius 1 is 1.13 bits per heavy atom. The Labute approximate surface area is 184 Å². The van der Waals surface area contributed by atoms with Crippen LogP contribution in [0.3, 0.4) is 0 Å². The maximum absolute atomic E-state index is 12.3. The zero-order valence-electron chi connectivity index (χ0n) is 17.4. The standard InChI is InChI=1S/C22H25N3O3S2/c1-14(26)23-11-16-7-10-19(28-16)18-12-30-21(24-18)25-20(27)13-29-17-8-5-15(6-9-17)22(2,3)4/h5-10,12H,11,13H2,1-4H3,(H,23,26)(H,24,25,27). The van der Waals surface area contributed by atoms with Gasteiger partial charge < -0.3 is 15.1 Å². The summed E-state index contributed by atoms with van der Waals surface area (Å²) in [5.74, 6) is 1.33. The van der Waals surface area contributed by atoms with Gasteiger partial charge in [0.25, 0.3) is 0 Å². The number of aromatic nitrogens is 1. The molecular formula is C22H25N3O3S2. The van der Waals surface area contributed by atoms with Gasteiger partial charge in [0.15, 0.2) is 10.9 Å². The fraction of sp³-hybridized carbons (Fsp3) is 0.318. The Kier molecular flexibility index (Phi) is 6.99. The van der Waals surface area contributed by atoms with Crippen LogP contribution < -0.4 is 10.6 Å². The number of thiazole rings is 1. The largest absolute Gasteiger partial charge is 0.458 e. The summed E-state index contributed by atoms with van der Waals surface area (Å²) in [5.41, 5.74) is 2.03. The smallest absolute Gasteiger partial charge is 0.236 e. The van der Waals surface area contributed by atoms with Crippen molar-refractivity contribution in [3.05, 3.63) is 53.1 Å². The van der Waals surface area contributed by atoms with Gasteiger partial charge in [0, 0.05) is 17.2 Å². The Hall–Kier alpha value is -2.58. The van der Waals surface area contributed by atoms with E-state index in [9.17, 15) is 9.59 Å². The van der Waals surface area contributed by atoms with Crippen molar-refractivity contribution in [2.45, 2.75) is 44.6 Å². The Bertz CT molecular complexity index is 1020. The van der Waals surface area contributed by atoms with Gasteiger partial charge in [0.1, 0.15) is 11.5 Å². The molecule has 2 N–H and O–H groups in total. The van der Waals surface area contributed by atoms with Gasteiger partial charge in [-0.1, -0.05) is 32.9 Å². The molecule has 0 unspecified atom stereocenters. The zero-order chi connectivity index (χ0) is 21.7. The summed E-state index contributed by atoms with van der Waals surface area (Å²) in [7, 11) is 0. The zero-order valence-corrected chi connectivity index (χ0v) is 19.1. The van der Waals surface area contributed by atoms with Crippen LogP contribution in [0.4, 0.5) is 5.13 Å². The first kappa shape index (κ1) is 22.1. The summed E-state index contributed by atoms with van der Waals surface area (Å²) < 4.78 is 5.69. The van der Waals surface area contributed by atoms with E-state index >= 15 is 0 Å².